The smallest absolute Gasteiger partial charge is 0.270 e. The molecule has 0 saturated carbocycles. The van der Waals surface area contributed by atoms with Gasteiger partial charge in [0.15, 0.2) is 0 Å². The molecule has 0 aliphatic heterocycles. The van der Waals surface area contributed by atoms with Crippen molar-refractivity contribution >= 4 is 29.1 Å². The summed E-state index contributed by atoms with van der Waals surface area (Å²) in [5.74, 6) is 0.0241. The molecule has 2 aromatic heterocycles. The van der Waals surface area contributed by atoms with Gasteiger partial charge in [-0.3, -0.25) is 9.78 Å². The van der Waals surface area contributed by atoms with Crippen LogP contribution < -0.4 is 10.6 Å². The quantitative estimate of drug-likeness (QED) is 0.746. The van der Waals surface area contributed by atoms with Crippen LogP contribution in [0.3, 0.4) is 0 Å². The Balaban J connectivity index is 1.68. The van der Waals surface area contributed by atoms with Gasteiger partial charge < -0.3 is 10.6 Å². The number of nitrogens with zero attached hydrogens (tertiary/aromatic N) is 3. The number of amides is 1. The minimum atomic E-state index is -0.281. The molecule has 2 N–H and O–H groups in total. The normalized spacial score (nSPS) is 10.2. The molecule has 0 unspecified atom stereocenters. The maximum atomic E-state index is 12.2. The van der Waals surface area contributed by atoms with Crippen LogP contribution in [-0.2, 0) is 6.54 Å². The van der Waals surface area contributed by atoms with Crippen LogP contribution in [0.25, 0.3) is 0 Å². The minimum Gasteiger partial charge on any atom is -0.347 e. The van der Waals surface area contributed by atoms with Crippen molar-refractivity contribution < 1.29 is 4.79 Å². The molecule has 2 heterocycles. The zero-order valence-corrected chi connectivity index (χ0v) is 13.4. The number of rotatable bonds is 5. The number of pyridine rings is 1. The molecular weight excluding hydrogens is 326 g/mol. The van der Waals surface area contributed by atoms with Gasteiger partial charge in [-0.15, -0.1) is 0 Å². The summed E-state index contributed by atoms with van der Waals surface area (Å²) >= 11 is 6.09. The van der Waals surface area contributed by atoms with Gasteiger partial charge in [0.25, 0.3) is 5.91 Å². The molecule has 3 aromatic rings. The molecule has 0 aliphatic rings. The van der Waals surface area contributed by atoms with E-state index in [4.69, 9.17) is 11.6 Å². The molecule has 3 rings (SSSR count). The molecule has 1 amide bonds. The molecule has 0 aliphatic carbocycles. The summed E-state index contributed by atoms with van der Waals surface area (Å²) in [5, 5.41) is 6.36. The number of nitrogens with one attached hydrogen (secondary N) is 2. The Bertz CT molecular complexity index is 841. The highest BCUT2D eigenvalue weighted by molar-refractivity contribution is 6.33. The first-order chi connectivity index (χ1) is 11.7. The maximum Gasteiger partial charge on any atom is 0.270 e. The molecule has 6 nitrogen and oxygen atoms in total. The molecule has 0 spiro atoms. The van der Waals surface area contributed by atoms with Crippen LogP contribution in [0, 0.1) is 0 Å². The van der Waals surface area contributed by atoms with Crippen LogP contribution in [0.2, 0.25) is 5.02 Å². The van der Waals surface area contributed by atoms with Gasteiger partial charge in [-0.25, -0.2) is 9.97 Å². The maximum absolute atomic E-state index is 12.2. The lowest BCUT2D eigenvalue weighted by atomic mass is 10.2. The van der Waals surface area contributed by atoms with Crippen molar-refractivity contribution in [1.29, 1.82) is 0 Å². The predicted molar refractivity (Wildman–Crippen MR) is 92.2 cm³/mol. The second-order valence-corrected chi connectivity index (χ2v) is 5.32. The van der Waals surface area contributed by atoms with Crippen LogP contribution in [0.1, 0.15) is 16.1 Å². The van der Waals surface area contributed by atoms with Crippen molar-refractivity contribution in [3.8, 4) is 0 Å². The zero-order valence-electron chi connectivity index (χ0n) is 12.6. The second-order valence-electron chi connectivity index (χ2n) is 4.91. The summed E-state index contributed by atoms with van der Waals surface area (Å²) in [6.07, 6.45) is 4.88. The second kappa shape index (κ2) is 7.52. The number of halogens is 1. The third-order valence-corrected chi connectivity index (χ3v) is 3.54. The number of carbonyl (C=O) groups is 1. The first-order valence-electron chi connectivity index (χ1n) is 7.24. The average Bonchev–Trinajstić information content (AvgIpc) is 2.63. The summed E-state index contributed by atoms with van der Waals surface area (Å²) in [5.41, 5.74) is 1.91. The van der Waals surface area contributed by atoms with Crippen molar-refractivity contribution in [3.63, 3.8) is 0 Å². The highest BCUT2D eigenvalue weighted by atomic mass is 35.5. The highest BCUT2D eigenvalue weighted by Gasteiger charge is 2.09. The van der Waals surface area contributed by atoms with Crippen molar-refractivity contribution in [2.24, 2.45) is 0 Å². The number of carbonyl (C=O) groups excluding carboxylic acids is 1. The SMILES string of the molecule is O=C(NCc1ccncc1)c1ccnc(Nc2ccccc2Cl)n1. The topological polar surface area (TPSA) is 79.8 Å². The third-order valence-electron chi connectivity index (χ3n) is 3.21. The van der Waals surface area contributed by atoms with Gasteiger partial charge in [0.05, 0.1) is 10.7 Å². The van der Waals surface area contributed by atoms with E-state index in [2.05, 4.69) is 25.6 Å². The monoisotopic (exact) mass is 339 g/mol. The largest absolute Gasteiger partial charge is 0.347 e. The fourth-order valence-corrected chi connectivity index (χ4v) is 2.18. The summed E-state index contributed by atoms with van der Waals surface area (Å²) < 4.78 is 0. The van der Waals surface area contributed by atoms with Crippen molar-refractivity contribution in [1.82, 2.24) is 20.3 Å². The van der Waals surface area contributed by atoms with Crippen molar-refractivity contribution in [3.05, 3.63) is 77.3 Å². The van der Waals surface area contributed by atoms with Gasteiger partial charge in [-0.1, -0.05) is 23.7 Å². The summed E-state index contributed by atoms with van der Waals surface area (Å²) in [6.45, 7) is 0.401. The first kappa shape index (κ1) is 15.9. The van der Waals surface area contributed by atoms with Crippen molar-refractivity contribution in [2.75, 3.05) is 5.32 Å². The first-order valence-corrected chi connectivity index (χ1v) is 7.62. The van der Waals surface area contributed by atoms with E-state index in [1.807, 2.05) is 30.3 Å². The van der Waals surface area contributed by atoms with Crippen LogP contribution >= 0.6 is 11.6 Å². The van der Waals surface area contributed by atoms with Crippen LogP contribution in [0.5, 0.6) is 0 Å². The third kappa shape index (κ3) is 4.05. The summed E-state index contributed by atoms with van der Waals surface area (Å²) in [4.78, 5) is 24.5. The summed E-state index contributed by atoms with van der Waals surface area (Å²) in [7, 11) is 0. The van der Waals surface area contributed by atoms with E-state index >= 15 is 0 Å². The Kier molecular flexibility index (Phi) is 4.98. The van der Waals surface area contributed by atoms with E-state index in [1.165, 1.54) is 6.20 Å². The standard InChI is InChI=1S/C17H14ClN5O/c18-13-3-1-2-4-14(13)22-17-20-10-7-15(23-17)16(24)21-11-12-5-8-19-9-6-12/h1-10H,11H2,(H,21,24)(H,20,22,23). The van der Waals surface area contributed by atoms with E-state index in [0.29, 0.717) is 23.2 Å². The number of anilines is 2. The molecular formula is C17H14ClN5O. The van der Waals surface area contributed by atoms with Gasteiger partial charge in [-0.2, -0.15) is 0 Å². The lowest BCUT2D eigenvalue weighted by Crippen LogP contribution is -2.24. The van der Waals surface area contributed by atoms with Gasteiger partial charge in [0.1, 0.15) is 5.69 Å². The zero-order chi connectivity index (χ0) is 16.8. The van der Waals surface area contributed by atoms with E-state index in [9.17, 15) is 4.79 Å². The average molecular weight is 340 g/mol. The molecule has 0 fully saturated rings. The van der Waals surface area contributed by atoms with Gasteiger partial charge in [0.2, 0.25) is 5.95 Å². The Morgan fingerprint density at radius 1 is 1.04 bits per heavy atom. The van der Waals surface area contributed by atoms with Crippen molar-refractivity contribution in [2.45, 2.75) is 6.54 Å². The minimum absolute atomic E-state index is 0.272. The van der Waals surface area contributed by atoms with E-state index in [0.717, 1.165) is 5.56 Å². The van der Waals surface area contributed by atoms with E-state index in [1.54, 1.807) is 24.5 Å². The predicted octanol–water partition coefficient (Wildman–Crippen LogP) is 3.20. The fraction of sp³-hybridized carbons (Fsp3) is 0.0588. The molecule has 0 radical (unpaired) electrons. The van der Waals surface area contributed by atoms with Crippen LogP contribution in [-0.4, -0.2) is 20.9 Å². The number of para-hydroxylation sites is 1. The van der Waals surface area contributed by atoms with E-state index in [-0.39, 0.29) is 11.6 Å². The number of hydrogen-bond acceptors (Lipinski definition) is 5. The number of hydrogen-bond donors (Lipinski definition) is 2. The van der Waals surface area contributed by atoms with Crippen LogP contribution in [0.4, 0.5) is 11.6 Å². The Morgan fingerprint density at radius 2 is 1.83 bits per heavy atom. The Hall–Kier alpha value is -2.99. The molecule has 0 saturated heterocycles. The van der Waals surface area contributed by atoms with Gasteiger partial charge >= 0.3 is 0 Å². The Labute approximate surface area is 143 Å². The fourth-order valence-electron chi connectivity index (χ4n) is 2.00. The van der Waals surface area contributed by atoms with Crippen LogP contribution in [0.15, 0.2) is 61.1 Å². The molecule has 0 bridgehead atoms. The van der Waals surface area contributed by atoms with E-state index < -0.39 is 0 Å². The lowest BCUT2D eigenvalue weighted by molar-refractivity contribution is 0.0946. The molecule has 24 heavy (non-hydrogen) atoms. The number of benzene rings is 1. The molecule has 7 heteroatoms. The van der Waals surface area contributed by atoms with Gasteiger partial charge in [0, 0.05) is 25.1 Å². The molecule has 1 aromatic carbocycles. The van der Waals surface area contributed by atoms with Gasteiger partial charge in [-0.05, 0) is 35.9 Å². The summed E-state index contributed by atoms with van der Waals surface area (Å²) in [6, 6.07) is 12.5. The molecule has 0 atom stereocenters. The Morgan fingerprint density at radius 3 is 2.62 bits per heavy atom. The highest BCUT2D eigenvalue weighted by Crippen LogP contribution is 2.22. The molecule has 120 valence electrons. The number of aromatic nitrogens is 3. The lowest BCUT2D eigenvalue weighted by Gasteiger charge is -2.08.